The van der Waals surface area contributed by atoms with Crippen molar-refractivity contribution >= 4 is 23.4 Å². The predicted molar refractivity (Wildman–Crippen MR) is 93.0 cm³/mol. The van der Waals surface area contributed by atoms with Crippen LogP contribution >= 0.6 is 23.4 Å². The van der Waals surface area contributed by atoms with E-state index in [4.69, 9.17) is 16.3 Å². The second-order valence-corrected chi connectivity index (χ2v) is 6.39. The maximum Gasteiger partial charge on any atom is 0.119 e. The molecule has 118 valence electrons. The summed E-state index contributed by atoms with van der Waals surface area (Å²) in [6, 6.07) is 17.3. The molecule has 2 N–H and O–H groups in total. The number of hydrogen-bond acceptors (Lipinski definition) is 4. The minimum atomic E-state index is -0.513. The van der Waals surface area contributed by atoms with Crippen LogP contribution in [0.5, 0.6) is 5.75 Å². The number of ether oxygens (including phenoxy) is 1. The highest BCUT2D eigenvalue weighted by Gasteiger charge is 2.04. The van der Waals surface area contributed by atoms with E-state index in [0.29, 0.717) is 13.2 Å². The Morgan fingerprint density at radius 3 is 2.55 bits per heavy atom. The van der Waals surface area contributed by atoms with Gasteiger partial charge in [0.1, 0.15) is 18.5 Å². The van der Waals surface area contributed by atoms with Gasteiger partial charge in [0.25, 0.3) is 0 Å². The highest BCUT2D eigenvalue weighted by atomic mass is 35.5. The van der Waals surface area contributed by atoms with Gasteiger partial charge in [0, 0.05) is 28.8 Å². The summed E-state index contributed by atoms with van der Waals surface area (Å²) in [5.74, 6) is 1.72. The predicted octanol–water partition coefficient (Wildman–Crippen LogP) is 3.46. The molecule has 0 radical (unpaired) electrons. The number of halogens is 1. The van der Waals surface area contributed by atoms with E-state index in [1.54, 1.807) is 11.8 Å². The molecule has 2 aromatic carbocycles. The molecule has 0 aromatic heterocycles. The van der Waals surface area contributed by atoms with Crippen LogP contribution in [0.25, 0.3) is 0 Å². The number of para-hydroxylation sites is 1. The number of thioether (sulfide) groups is 1. The van der Waals surface area contributed by atoms with E-state index in [1.807, 2.05) is 54.6 Å². The van der Waals surface area contributed by atoms with Gasteiger partial charge in [-0.05, 0) is 36.4 Å². The van der Waals surface area contributed by atoms with E-state index in [0.717, 1.165) is 23.1 Å². The van der Waals surface area contributed by atoms with Crippen LogP contribution in [0.2, 0.25) is 5.02 Å². The Bertz CT molecular complexity index is 536. The quantitative estimate of drug-likeness (QED) is 0.543. The SMILES string of the molecule is O[C@H](CNCCSc1ccc(Cl)cc1)COc1ccccc1. The molecule has 0 bridgehead atoms. The first-order valence-electron chi connectivity index (χ1n) is 7.19. The van der Waals surface area contributed by atoms with Crippen molar-refractivity contribution < 1.29 is 9.84 Å². The molecule has 1 atom stereocenters. The fourth-order valence-electron chi connectivity index (χ4n) is 1.81. The minimum Gasteiger partial charge on any atom is -0.491 e. The summed E-state index contributed by atoms with van der Waals surface area (Å²) in [5, 5.41) is 13.8. The molecule has 2 rings (SSSR count). The molecule has 0 aliphatic carbocycles. The van der Waals surface area contributed by atoms with Gasteiger partial charge in [-0.3, -0.25) is 0 Å². The molecule has 3 nitrogen and oxygen atoms in total. The fourth-order valence-corrected chi connectivity index (χ4v) is 2.75. The maximum atomic E-state index is 9.85. The van der Waals surface area contributed by atoms with Gasteiger partial charge in [0.15, 0.2) is 0 Å². The molecule has 0 saturated carbocycles. The third kappa shape index (κ3) is 6.71. The Hall–Kier alpha value is -1.20. The smallest absolute Gasteiger partial charge is 0.119 e. The number of rotatable bonds is 9. The molecule has 0 spiro atoms. The van der Waals surface area contributed by atoms with Gasteiger partial charge < -0.3 is 15.2 Å². The van der Waals surface area contributed by atoms with Gasteiger partial charge in [0.2, 0.25) is 0 Å². The zero-order valence-electron chi connectivity index (χ0n) is 12.2. The molecule has 0 saturated heterocycles. The normalized spacial score (nSPS) is 12.1. The third-order valence-corrected chi connectivity index (χ3v) is 4.19. The highest BCUT2D eigenvalue weighted by Crippen LogP contribution is 2.19. The standard InChI is InChI=1S/C17H20ClNO2S/c18-14-6-8-17(9-7-14)22-11-10-19-12-15(20)13-21-16-4-2-1-3-5-16/h1-9,15,19-20H,10-13H2/t15-/m1/s1. The first-order valence-corrected chi connectivity index (χ1v) is 8.55. The van der Waals surface area contributed by atoms with Crippen molar-refractivity contribution in [3.05, 3.63) is 59.6 Å². The number of hydrogen-bond donors (Lipinski definition) is 2. The van der Waals surface area contributed by atoms with Crippen molar-refractivity contribution in [2.75, 3.05) is 25.4 Å². The summed E-state index contributed by atoms with van der Waals surface area (Å²) < 4.78 is 5.50. The Morgan fingerprint density at radius 1 is 1.09 bits per heavy atom. The van der Waals surface area contributed by atoms with Crippen LogP contribution in [-0.2, 0) is 0 Å². The zero-order chi connectivity index (χ0) is 15.6. The Balaban J connectivity index is 1.53. The van der Waals surface area contributed by atoms with Crippen LogP contribution in [0.15, 0.2) is 59.5 Å². The van der Waals surface area contributed by atoms with Crippen LogP contribution in [-0.4, -0.2) is 36.7 Å². The van der Waals surface area contributed by atoms with E-state index < -0.39 is 6.10 Å². The molecular weight excluding hydrogens is 318 g/mol. The topological polar surface area (TPSA) is 41.5 Å². The summed E-state index contributed by atoms with van der Waals surface area (Å²) in [6.07, 6.45) is -0.513. The first kappa shape index (κ1) is 17.2. The van der Waals surface area contributed by atoms with Gasteiger partial charge in [0.05, 0.1) is 0 Å². The van der Waals surface area contributed by atoms with Crippen molar-refractivity contribution in [2.45, 2.75) is 11.0 Å². The van der Waals surface area contributed by atoms with Crippen LogP contribution in [0.4, 0.5) is 0 Å². The van der Waals surface area contributed by atoms with Crippen molar-refractivity contribution in [3.8, 4) is 5.75 Å². The van der Waals surface area contributed by atoms with E-state index >= 15 is 0 Å². The van der Waals surface area contributed by atoms with Gasteiger partial charge in [-0.2, -0.15) is 0 Å². The molecule has 0 heterocycles. The molecule has 0 aliphatic rings. The molecule has 2 aromatic rings. The van der Waals surface area contributed by atoms with Crippen LogP contribution < -0.4 is 10.1 Å². The monoisotopic (exact) mass is 337 g/mol. The van der Waals surface area contributed by atoms with Gasteiger partial charge >= 0.3 is 0 Å². The maximum absolute atomic E-state index is 9.85. The lowest BCUT2D eigenvalue weighted by molar-refractivity contribution is 0.107. The molecule has 0 aliphatic heterocycles. The molecule has 22 heavy (non-hydrogen) atoms. The van der Waals surface area contributed by atoms with E-state index in [9.17, 15) is 5.11 Å². The van der Waals surface area contributed by atoms with Gasteiger partial charge in [-0.25, -0.2) is 0 Å². The third-order valence-electron chi connectivity index (χ3n) is 2.93. The average Bonchev–Trinajstić information content (AvgIpc) is 2.55. The van der Waals surface area contributed by atoms with E-state index in [2.05, 4.69) is 5.32 Å². The summed E-state index contributed by atoms with van der Waals surface area (Å²) in [6.45, 7) is 1.64. The molecule has 0 unspecified atom stereocenters. The minimum absolute atomic E-state index is 0.293. The fraction of sp³-hybridized carbons (Fsp3) is 0.294. The second-order valence-electron chi connectivity index (χ2n) is 4.78. The van der Waals surface area contributed by atoms with E-state index in [-0.39, 0.29) is 0 Å². The molecule has 0 fully saturated rings. The van der Waals surface area contributed by atoms with Crippen molar-refractivity contribution in [3.63, 3.8) is 0 Å². The first-order chi connectivity index (χ1) is 10.7. The zero-order valence-corrected chi connectivity index (χ0v) is 13.8. The van der Waals surface area contributed by atoms with Crippen LogP contribution in [0.1, 0.15) is 0 Å². The summed E-state index contributed by atoms with van der Waals surface area (Å²) in [4.78, 5) is 1.19. The van der Waals surface area contributed by atoms with Crippen LogP contribution in [0.3, 0.4) is 0 Å². The number of benzene rings is 2. The Morgan fingerprint density at radius 2 is 1.82 bits per heavy atom. The lowest BCUT2D eigenvalue weighted by Gasteiger charge is -2.13. The van der Waals surface area contributed by atoms with Gasteiger partial charge in [-0.1, -0.05) is 29.8 Å². The molecular formula is C17H20ClNO2S. The largest absolute Gasteiger partial charge is 0.491 e. The lowest BCUT2D eigenvalue weighted by Crippen LogP contribution is -2.32. The summed E-state index contributed by atoms with van der Waals surface area (Å²) >= 11 is 7.60. The molecule has 5 heteroatoms. The number of aliphatic hydroxyl groups is 1. The summed E-state index contributed by atoms with van der Waals surface area (Å²) in [7, 11) is 0. The van der Waals surface area contributed by atoms with Crippen molar-refractivity contribution in [1.82, 2.24) is 5.32 Å². The Kier molecular flexibility index (Phi) is 7.60. The summed E-state index contributed by atoms with van der Waals surface area (Å²) in [5.41, 5.74) is 0. The van der Waals surface area contributed by atoms with Crippen molar-refractivity contribution in [2.24, 2.45) is 0 Å². The number of aliphatic hydroxyl groups excluding tert-OH is 1. The second kappa shape index (κ2) is 9.74. The average molecular weight is 338 g/mol. The van der Waals surface area contributed by atoms with E-state index in [1.165, 1.54) is 4.90 Å². The lowest BCUT2D eigenvalue weighted by atomic mass is 10.3. The number of nitrogens with one attached hydrogen (secondary N) is 1. The highest BCUT2D eigenvalue weighted by molar-refractivity contribution is 7.99. The Labute approximate surface area is 140 Å². The van der Waals surface area contributed by atoms with Crippen LogP contribution in [0, 0.1) is 0 Å². The molecule has 0 amide bonds. The van der Waals surface area contributed by atoms with Crippen molar-refractivity contribution in [1.29, 1.82) is 0 Å². The van der Waals surface area contributed by atoms with Gasteiger partial charge in [-0.15, -0.1) is 11.8 Å².